The topological polar surface area (TPSA) is 165 Å². The van der Waals surface area contributed by atoms with Crippen LogP contribution in [-0.2, 0) is 9.57 Å². The molecule has 0 bridgehead atoms. The van der Waals surface area contributed by atoms with Crippen molar-refractivity contribution in [3.63, 3.8) is 0 Å². The number of aromatic nitrogens is 1. The predicted molar refractivity (Wildman–Crippen MR) is 106 cm³/mol. The molecule has 2 amide bonds. The van der Waals surface area contributed by atoms with Crippen LogP contribution in [0.2, 0.25) is 0 Å². The van der Waals surface area contributed by atoms with Gasteiger partial charge in [-0.15, -0.1) is 0 Å². The molecule has 1 rings (SSSR count). The first-order chi connectivity index (χ1) is 13.5. The van der Waals surface area contributed by atoms with E-state index in [0.717, 1.165) is 0 Å². The first-order valence-corrected chi connectivity index (χ1v) is 9.43. The molecule has 11 heteroatoms. The Kier molecular flexibility index (Phi) is 9.39. The number of nitrogens with zero attached hydrogens (tertiary/aromatic N) is 1. The molecule has 1 aromatic heterocycles. The van der Waals surface area contributed by atoms with Crippen LogP contribution in [0.1, 0.15) is 69.9 Å². The summed E-state index contributed by atoms with van der Waals surface area (Å²) < 4.78 is 10.7. The maximum Gasteiger partial charge on any atom is 0.408 e. The molecule has 0 aliphatic rings. The summed E-state index contributed by atoms with van der Waals surface area (Å²) in [6.07, 6.45) is 1.75. The summed E-state index contributed by atoms with van der Waals surface area (Å²) >= 11 is 0. The minimum Gasteiger partial charge on any atom is -0.446 e. The number of nitrogens with one attached hydrogen (secondary N) is 4. The number of nitrogens with two attached hydrogens (primary N) is 1. The number of hydroxylamine groups is 1. The maximum absolute atomic E-state index is 12.2. The Morgan fingerprint density at radius 3 is 2.62 bits per heavy atom. The van der Waals surface area contributed by atoms with E-state index in [1.54, 1.807) is 20.8 Å². The molecule has 164 valence electrons. The zero-order valence-corrected chi connectivity index (χ0v) is 17.6. The third-order valence-corrected chi connectivity index (χ3v) is 3.34. The van der Waals surface area contributed by atoms with Gasteiger partial charge in [0.05, 0.1) is 6.61 Å². The van der Waals surface area contributed by atoms with Crippen LogP contribution >= 0.6 is 0 Å². The summed E-state index contributed by atoms with van der Waals surface area (Å²) in [5, 5.41) is 12.4. The highest BCUT2D eigenvalue weighted by Crippen LogP contribution is 2.22. The molecule has 0 saturated heterocycles. The van der Waals surface area contributed by atoms with Crippen LogP contribution in [0.5, 0.6) is 0 Å². The van der Waals surface area contributed by atoms with Crippen LogP contribution in [0, 0.1) is 11.3 Å². The highest BCUT2D eigenvalue weighted by molar-refractivity contribution is 5.91. The van der Waals surface area contributed by atoms with Gasteiger partial charge in [-0.25, -0.2) is 15.3 Å². The van der Waals surface area contributed by atoms with Crippen LogP contribution < -0.4 is 21.8 Å². The third-order valence-electron chi connectivity index (χ3n) is 3.34. The highest BCUT2D eigenvalue weighted by Gasteiger charge is 2.25. The van der Waals surface area contributed by atoms with Crippen molar-refractivity contribution in [1.29, 1.82) is 5.41 Å². The van der Waals surface area contributed by atoms with Crippen molar-refractivity contribution in [2.75, 3.05) is 13.2 Å². The lowest BCUT2D eigenvalue weighted by Crippen LogP contribution is -2.35. The van der Waals surface area contributed by atoms with E-state index in [0.29, 0.717) is 19.4 Å². The molecular formula is C18H32N6O5. The van der Waals surface area contributed by atoms with E-state index < -0.39 is 23.6 Å². The fourth-order valence-corrected chi connectivity index (χ4v) is 2.26. The number of carbonyl (C=O) groups excluding carboxylic acids is 2. The second-order valence-corrected chi connectivity index (χ2v) is 7.87. The first kappa shape index (κ1) is 24.2. The van der Waals surface area contributed by atoms with Crippen LogP contribution in [0.4, 0.5) is 4.79 Å². The van der Waals surface area contributed by atoms with Crippen LogP contribution in [0.25, 0.3) is 0 Å². The lowest BCUT2D eigenvalue weighted by atomic mass is 10.0. The summed E-state index contributed by atoms with van der Waals surface area (Å²) in [7, 11) is 0. The molecule has 0 unspecified atom stereocenters. The minimum absolute atomic E-state index is 0.113. The number of oxazole rings is 1. The second-order valence-electron chi connectivity index (χ2n) is 7.87. The van der Waals surface area contributed by atoms with E-state index >= 15 is 0 Å². The number of hydrogen-bond acceptors (Lipinski definition) is 7. The average molecular weight is 412 g/mol. The fraction of sp³-hybridized carbons (Fsp3) is 0.667. The third kappa shape index (κ3) is 10.3. The molecule has 0 saturated carbocycles. The normalized spacial score (nSPS) is 12.3. The number of rotatable bonds is 10. The molecule has 29 heavy (non-hydrogen) atoms. The van der Waals surface area contributed by atoms with Gasteiger partial charge in [0.2, 0.25) is 11.9 Å². The maximum atomic E-state index is 12.2. The first-order valence-electron chi connectivity index (χ1n) is 9.43. The van der Waals surface area contributed by atoms with Gasteiger partial charge in [0.15, 0.2) is 5.69 Å². The molecule has 6 N–H and O–H groups in total. The summed E-state index contributed by atoms with van der Waals surface area (Å²) in [5.74, 6) is -0.202. The number of guanidine groups is 1. The largest absolute Gasteiger partial charge is 0.446 e. The SMILES string of the molecule is CC(C)C[C@H](NC(=O)OC(C)(C)C)c1nc(C(=O)NCCCONC(=N)N)co1. The van der Waals surface area contributed by atoms with Crippen molar-refractivity contribution in [2.45, 2.75) is 59.1 Å². The van der Waals surface area contributed by atoms with Crippen LogP contribution in [0.3, 0.4) is 0 Å². The Bertz CT molecular complexity index is 683. The predicted octanol–water partition coefficient (Wildman–Crippen LogP) is 1.82. The van der Waals surface area contributed by atoms with Gasteiger partial charge in [-0.3, -0.25) is 15.0 Å². The molecule has 1 aromatic rings. The van der Waals surface area contributed by atoms with E-state index in [9.17, 15) is 9.59 Å². The molecule has 0 fully saturated rings. The molecule has 0 spiro atoms. The summed E-state index contributed by atoms with van der Waals surface area (Å²) in [6, 6.07) is -0.516. The Morgan fingerprint density at radius 2 is 2.03 bits per heavy atom. The van der Waals surface area contributed by atoms with Crippen LogP contribution in [-0.4, -0.2) is 41.7 Å². The molecule has 0 radical (unpaired) electrons. The number of carbonyl (C=O) groups is 2. The molecule has 1 heterocycles. The zero-order chi connectivity index (χ0) is 22.0. The molecule has 0 aliphatic heterocycles. The number of alkyl carbamates (subject to hydrolysis) is 1. The lowest BCUT2D eigenvalue weighted by molar-refractivity contribution is 0.0489. The Hall–Kier alpha value is -2.82. The van der Waals surface area contributed by atoms with Gasteiger partial charge in [-0.05, 0) is 39.5 Å². The van der Waals surface area contributed by atoms with Gasteiger partial charge in [0.25, 0.3) is 5.91 Å². The van der Waals surface area contributed by atoms with Crippen molar-refractivity contribution in [3.8, 4) is 0 Å². The van der Waals surface area contributed by atoms with Crippen molar-refractivity contribution in [1.82, 2.24) is 21.1 Å². The van der Waals surface area contributed by atoms with Crippen molar-refractivity contribution >= 4 is 18.0 Å². The highest BCUT2D eigenvalue weighted by atomic mass is 16.6. The van der Waals surface area contributed by atoms with E-state index in [4.69, 9.17) is 25.1 Å². The molecule has 0 aliphatic carbocycles. The fourth-order valence-electron chi connectivity index (χ4n) is 2.26. The Labute approximate surface area is 170 Å². The Balaban J connectivity index is 2.61. The number of amides is 2. The van der Waals surface area contributed by atoms with Gasteiger partial charge in [-0.1, -0.05) is 13.8 Å². The van der Waals surface area contributed by atoms with Gasteiger partial charge in [0, 0.05) is 6.54 Å². The summed E-state index contributed by atoms with van der Waals surface area (Å²) in [6.45, 7) is 9.94. The van der Waals surface area contributed by atoms with E-state index in [1.165, 1.54) is 6.26 Å². The summed E-state index contributed by atoms with van der Waals surface area (Å²) in [4.78, 5) is 33.4. The molecule has 0 aromatic carbocycles. The molecular weight excluding hydrogens is 380 g/mol. The zero-order valence-electron chi connectivity index (χ0n) is 17.6. The van der Waals surface area contributed by atoms with Gasteiger partial charge in [0.1, 0.15) is 17.9 Å². The van der Waals surface area contributed by atoms with Crippen molar-refractivity contribution in [3.05, 3.63) is 17.8 Å². The second kappa shape index (κ2) is 11.2. The van der Waals surface area contributed by atoms with Gasteiger partial charge in [-0.2, -0.15) is 0 Å². The minimum atomic E-state index is -0.627. The molecule has 1 atom stereocenters. The van der Waals surface area contributed by atoms with Gasteiger partial charge >= 0.3 is 6.09 Å². The quantitative estimate of drug-likeness (QED) is 0.168. The number of hydrogen-bond donors (Lipinski definition) is 5. The van der Waals surface area contributed by atoms with Crippen molar-refractivity contribution < 1.29 is 23.6 Å². The van der Waals surface area contributed by atoms with Crippen molar-refractivity contribution in [2.24, 2.45) is 11.7 Å². The lowest BCUT2D eigenvalue weighted by Gasteiger charge is -2.23. The Morgan fingerprint density at radius 1 is 1.34 bits per heavy atom. The standard InChI is InChI=1S/C18H32N6O5/c1-11(2)9-12(23-17(26)29-18(3,4)5)15-22-13(10-27-15)14(25)21-7-6-8-28-24-16(19)20/h10-12H,6-9H2,1-5H3,(H,21,25)(H,23,26)(H4,19,20,24)/t12-/m0/s1. The monoisotopic (exact) mass is 412 g/mol. The average Bonchev–Trinajstić information content (AvgIpc) is 3.05. The summed E-state index contributed by atoms with van der Waals surface area (Å²) in [5.41, 5.74) is 6.76. The van der Waals surface area contributed by atoms with Gasteiger partial charge < -0.3 is 25.5 Å². The van der Waals surface area contributed by atoms with E-state index in [-0.39, 0.29) is 30.1 Å². The smallest absolute Gasteiger partial charge is 0.408 e. The van der Waals surface area contributed by atoms with E-state index in [2.05, 4.69) is 21.1 Å². The van der Waals surface area contributed by atoms with E-state index in [1.807, 2.05) is 13.8 Å². The van der Waals surface area contributed by atoms with Crippen LogP contribution in [0.15, 0.2) is 10.7 Å². The number of ether oxygens (including phenoxy) is 1. The molecule has 11 nitrogen and oxygen atoms in total.